The second kappa shape index (κ2) is 7.15. The van der Waals surface area contributed by atoms with Crippen molar-refractivity contribution in [1.82, 2.24) is 0 Å². The van der Waals surface area contributed by atoms with Crippen LogP contribution in [0.1, 0.15) is 30.1 Å². The number of aromatic hydroxyl groups is 2. The molecule has 23 heavy (non-hydrogen) atoms. The van der Waals surface area contributed by atoms with Gasteiger partial charge in [0.25, 0.3) is 0 Å². The Morgan fingerprint density at radius 1 is 1.00 bits per heavy atom. The van der Waals surface area contributed by atoms with Crippen LogP contribution in [0.5, 0.6) is 11.5 Å². The van der Waals surface area contributed by atoms with Crippen LogP contribution in [-0.2, 0) is 11.0 Å². The summed E-state index contributed by atoms with van der Waals surface area (Å²) in [6.07, 6.45) is 0.263. The Hall–Kier alpha value is -1.85. The van der Waals surface area contributed by atoms with Crippen LogP contribution in [0.2, 0.25) is 0 Å². The summed E-state index contributed by atoms with van der Waals surface area (Å²) in [7, 11) is -4.58. The maximum Gasteiger partial charge on any atom is 0.356 e. The fraction of sp³-hybridized carbons (Fsp3) is 0.250. The van der Waals surface area contributed by atoms with Crippen LogP contribution in [0.25, 0.3) is 0 Å². The molecule has 2 rings (SSSR count). The van der Waals surface area contributed by atoms with E-state index in [2.05, 4.69) is 0 Å². The van der Waals surface area contributed by atoms with E-state index in [0.29, 0.717) is 12.8 Å². The molecule has 0 aliphatic rings. The topological polar surface area (TPSA) is 118 Å². The fourth-order valence-electron chi connectivity index (χ4n) is 2.44. The number of rotatable bonds is 6. The van der Waals surface area contributed by atoms with Gasteiger partial charge in [0.05, 0.1) is 11.4 Å². The second-order valence-electron chi connectivity index (χ2n) is 5.33. The molecule has 2 aromatic carbocycles. The van der Waals surface area contributed by atoms with Gasteiger partial charge in [0, 0.05) is 5.56 Å². The minimum Gasteiger partial charge on any atom is -0.508 e. The highest BCUT2D eigenvalue weighted by molar-refractivity contribution is 7.60. The third-order valence-corrected chi connectivity index (χ3v) is 4.60. The normalized spacial score (nSPS) is 13.0. The van der Waals surface area contributed by atoms with Gasteiger partial charge in [-0.25, -0.2) is 0 Å². The van der Waals surface area contributed by atoms with Gasteiger partial charge in [0.15, 0.2) is 0 Å². The van der Waals surface area contributed by atoms with Crippen LogP contribution in [0.4, 0.5) is 0 Å². The Labute approximate surface area is 133 Å². The molecule has 6 nitrogen and oxygen atoms in total. The third-order valence-electron chi connectivity index (χ3n) is 3.59. The van der Waals surface area contributed by atoms with Crippen LogP contribution in [-0.4, -0.2) is 25.1 Å². The van der Waals surface area contributed by atoms with E-state index >= 15 is 0 Å². The first-order valence-electron chi connectivity index (χ1n) is 7.13. The molecular formula is C16H19O6P. The Bertz CT molecular complexity index is 707. The van der Waals surface area contributed by atoms with Crippen molar-refractivity contribution in [3.8, 4) is 11.5 Å². The zero-order valence-corrected chi connectivity index (χ0v) is 13.2. The van der Waals surface area contributed by atoms with Gasteiger partial charge >= 0.3 is 7.60 Å². The summed E-state index contributed by atoms with van der Waals surface area (Å²) in [6, 6.07) is 10.5. The lowest BCUT2D eigenvalue weighted by molar-refractivity contribution is 0.162. The third kappa shape index (κ3) is 4.56. The molecule has 0 saturated carbocycles. The molecule has 0 spiro atoms. The minimum absolute atomic E-state index is 0.119. The Morgan fingerprint density at radius 2 is 1.65 bits per heavy atom. The van der Waals surface area contributed by atoms with Crippen molar-refractivity contribution in [2.75, 3.05) is 0 Å². The molecule has 5 N–H and O–H groups in total. The van der Waals surface area contributed by atoms with E-state index in [1.54, 1.807) is 24.3 Å². The number of hydrogen-bond donors (Lipinski definition) is 5. The molecule has 0 aliphatic heterocycles. The lowest BCUT2D eigenvalue weighted by Gasteiger charge is -2.17. The predicted molar refractivity (Wildman–Crippen MR) is 85.8 cm³/mol. The van der Waals surface area contributed by atoms with Crippen molar-refractivity contribution in [2.24, 2.45) is 0 Å². The number of aliphatic hydroxyl groups is 1. The maximum atomic E-state index is 11.5. The molecule has 0 radical (unpaired) electrons. The summed E-state index contributed by atoms with van der Waals surface area (Å²) in [4.78, 5) is 18.7. The quantitative estimate of drug-likeness (QED) is 0.514. The van der Waals surface area contributed by atoms with Crippen molar-refractivity contribution in [2.45, 2.75) is 25.4 Å². The first-order valence-corrected chi connectivity index (χ1v) is 8.74. The molecule has 0 saturated heterocycles. The van der Waals surface area contributed by atoms with E-state index in [-0.39, 0.29) is 28.8 Å². The van der Waals surface area contributed by atoms with E-state index in [9.17, 15) is 29.7 Å². The summed E-state index contributed by atoms with van der Waals surface area (Å²) in [5.41, 5.74) is 0.856. The van der Waals surface area contributed by atoms with Gasteiger partial charge in [-0.15, -0.1) is 0 Å². The highest BCUT2D eigenvalue weighted by atomic mass is 31.2. The van der Waals surface area contributed by atoms with E-state index in [1.807, 2.05) is 0 Å². The SMILES string of the molecule is O=P(O)(O)c1cccc(O)c1C(O)CCCc1ccc(O)cc1. The molecule has 0 amide bonds. The number of aliphatic hydroxyl groups excluding tert-OH is 1. The fourth-order valence-corrected chi connectivity index (χ4v) is 3.30. The Balaban J connectivity index is 2.07. The lowest BCUT2D eigenvalue weighted by Crippen LogP contribution is -2.15. The zero-order valence-electron chi connectivity index (χ0n) is 12.3. The minimum atomic E-state index is -4.58. The van der Waals surface area contributed by atoms with Crippen molar-refractivity contribution in [3.63, 3.8) is 0 Å². The molecule has 0 aliphatic carbocycles. The standard InChI is InChI=1S/C16H19O6P/c17-12-9-7-11(8-10-12)3-1-4-13(18)16-14(19)5-2-6-15(16)23(20,21)22/h2,5-10,13,17-19H,1,3-4H2,(H2,20,21,22). The first kappa shape index (κ1) is 17.5. The molecule has 0 fully saturated rings. The molecule has 0 bridgehead atoms. The van der Waals surface area contributed by atoms with E-state index < -0.39 is 13.7 Å². The summed E-state index contributed by atoms with van der Waals surface area (Å²) < 4.78 is 11.5. The number of hydrogen-bond acceptors (Lipinski definition) is 4. The van der Waals surface area contributed by atoms with Crippen molar-refractivity contribution < 1.29 is 29.7 Å². The van der Waals surface area contributed by atoms with Crippen LogP contribution >= 0.6 is 7.60 Å². The Morgan fingerprint density at radius 3 is 2.26 bits per heavy atom. The average molecular weight is 338 g/mol. The monoisotopic (exact) mass is 338 g/mol. The highest BCUT2D eigenvalue weighted by Gasteiger charge is 2.27. The number of benzene rings is 2. The van der Waals surface area contributed by atoms with Crippen LogP contribution in [0.15, 0.2) is 42.5 Å². The van der Waals surface area contributed by atoms with Gasteiger partial charge in [0.1, 0.15) is 11.5 Å². The van der Waals surface area contributed by atoms with Gasteiger partial charge in [-0.3, -0.25) is 4.57 Å². The smallest absolute Gasteiger partial charge is 0.356 e. The molecule has 7 heteroatoms. The Kier molecular flexibility index (Phi) is 5.44. The molecule has 2 aromatic rings. The average Bonchev–Trinajstić information content (AvgIpc) is 2.48. The molecule has 1 unspecified atom stereocenters. The van der Waals surface area contributed by atoms with Gasteiger partial charge in [0.2, 0.25) is 0 Å². The zero-order chi connectivity index (χ0) is 17.0. The van der Waals surface area contributed by atoms with Gasteiger partial charge in [-0.2, -0.15) is 0 Å². The van der Waals surface area contributed by atoms with Crippen molar-refractivity contribution >= 4 is 12.9 Å². The van der Waals surface area contributed by atoms with Gasteiger partial charge in [-0.05, 0) is 49.1 Å². The first-order chi connectivity index (χ1) is 10.8. The lowest BCUT2D eigenvalue weighted by atomic mass is 10.0. The van der Waals surface area contributed by atoms with E-state index in [4.69, 9.17) is 0 Å². The second-order valence-corrected chi connectivity index (χ2v) is 6.90. The summed E-state index contributed by atoms with van der Waals surface area (Å²) in [6.45, 7) is 0. The van der Waals surface area contributed by atoms with E-state index in [0.717, 1.165) is 5.56 Å². The van der Waals surface area contributed by atoms with Gasteiger partial charge < -0.3 is 25.1 Å². The summed E-state index contributed by atoms with van der Waals surface area (Å²) in [5.74, 6) is -0.155. The molecule has 1 atom stereocenters. The number of aryl methyl sites for hydroxylation is 1. The largest absolute Gasteiger partial charge is 0.508 e. The maximum absolute atomic E-state index is 11.5. The van der Waals surface area contributed by atoms with Crippen LogP contribution < -0.4 is 5.30 Å². The highest BCUT2D eigenvalue weighted by Crippen LogP contribution is 2.40. The number of phenols is 2. The molecular weight excluding hydrogens is 319 g/mol. The summed E-state index contributed by atoms with van der Waals surface area (Å²) in [5, 5.41) is 28.9. The van der Waals surface area contributed by atoms with Gasteiger partial charge in [-0.1, -0.05) is 18.2 Å². The summed E-state index contributed by atoms with van der Waals surface area (Å²) >= 11 is 0. The van der Waals surface area contributed by atoms with Crippen LogP contribution in [0, 0.1) is 0 Å². The van der Waals surface area contributed by atoms with Crippen molar-refractivity contribution in [1.29, 1.82) is 0 Å². The molecule has 124 valence electrons. The predicted octanol–water partition coefficient (Wildman–Crippen LogP) is 1.96. The van der Waals surface area contributed by atoms with Crippen molar-refractivity contribution in [3.05, 3.63) is 53.6 Å². The van der Waals surface area contributed by atoms with Crippen LogP contribution in [0.3, 0.4) is 0 Å². The molecule has 0 aromatic heterocycles. The number of phenolic OH excluding ortho intramolecular Hbond substituents is 2. The molecule has 0 heterocycles. The van der Waals surface area contributed by atoms with E-state index in [1.165, 1.54) is 18.2 Å².